The van der Waals surface area contributed by atoms with E-state index in [1.54, 1.807) is 25.1 Å². The smallest absolute Gasteiger partial charge is 0.317 e. The van der Waals surface area contributed by atoms with Crippen molar-refractivity contribution >= 4 is 23.3 Å². The van der Waals surface area contributed by atoms with Crippen LogP contribution in [0.25, 0.3) is 0 Å². The normalized spacial score (nSPS) is 23.0. The number of likely N-dealkylation sites (tertiary alicyclic amines) is 1. The fraction of sp³-hybridized carbons (Fsp3) is 0.440. The van der Waals surface area contributed by atoms with Crippen molar-refractivity contribution in [1.82, 2.24) is 4.90 Å². The summed E-state index contributed by atoms with van der Waals surface area (Å²) < 4.78 is 15.9. The number of benzene rings is 1. The molecule has 8 nitrogen and oxygen atoms in total. The van der Waals surface area contributed by atoms with Gasteiger partial charge >= 0.3 is 5.97 Å². The summed E-state index contributed by atoms with van der Waals surface area (Å²) in [6, 6.07) is 5.00. The lowest BCUT2D eigenvalue weighted by Gasteiger charge is -2.35. The van der Waals surface area contributed by atoms with Gasteiger partial charge in [0.15, 0.2) is 5.78 Å². The number of fused-ring (bicyclic) bond motifs is 1. The lowest BCUT2D eigenvalue weighted by Crippen LogP contribution is -2.46. The fourth-order valence-electron chi connectivity index (χ4n) is 4.86. The van der Waals surface area contributed by atoms with Crippen molar-refractivity contribution < 1.29 is 33.4 Å². The molecule has 0 radical (unpaired) electrons. The number of allylic oxidation sites excluding steroid dienone is 2. The number of ether oxygens (including phenoxy) is 3. The Kier molecular flexibility index (Phi) is 6.47. The van der Waals surface area contributed by atoms with Gasteiger partial charge in [-0.05, 0) is 31.4 Å². The molecule has 0 saturated carbocycles. The monoisotopic (exact) mass is 453 g/mol. The lowest BCUT2D eigenvalue weighted by atomic mass is 9.76. The molecule has 0 bridgehead atoms. The Morgan fingerprint density at radius 3 is 2.61 bits per heavy atom. The molecule has 1 aromatic rings. The predicted octanol–water partition coefficient (Wildman–Crippen LogP) is 2.38. The van der Waals surface area contributed by atoms with Gasteiger partial charge < -0.3 is 19.1 Å². The summed E-state index contributed by atoms with van der Waals surface area (Å²) in [5.41, 5.74) is 1.31. The summed E-state index contributed by atoms with van der Waals surface area (Å²) in [6.45, 7) is 3.27. The molecule has 1 heterocycles. The Hall–Kier alpha value is -3.26. The van der Waals surface area contributed by atoms with Crippen molar-refractivity contribution in [3.63, 3.8) is 0 Å². The number of nitrogens with zero attached hydrogens (tertiary/aromatic N) is 1. The third kappa shape index (κ3) is 4.11. The summed E-state index contributed by atoms with van der Waals surface area (Å²) in [5, 5.41) is 0. The van der Waals surface area contributed by atoms with Crippen LogP contribution >= 0.6 is 0 Å². The second-order valence-corrected chi connectivity index (χ2v) is 8.37. The number of rotatable bonds is 6. The Morgan fingerprint density at radius 1 is 1.12 bits per heavy atom. The van der Waals surface area contributed by atoms with Crippen LogP contribution in [-0.4, -0.2) is 68.7 Å². The fourth-order valence-corrected chi connectivity index (χ4v) is 4.86. The largest absolute Gasteiger partial charge is 0.496 e. The maximum absolute atomic E-state index is 13.4. The van der Waals surface area contributed by atoms with E-state index in [9.17, 15) is 19.2 Å². The molecule has 0 aromatic heterocycles. The van der Waals surface area contributed by atoms with E-state index in [1.807, 2.05) is 11.0 Å². The molecular weight excluding hydrogens is 426 g/mol. The summed E-state index contributed by atoms with van der Waals surface area (Å²) in [6.07, 6.45) is 2.51. The number of hydrogen-bond donors (Lipinski definition) is 0. The summed E-state index contributed by atoms with van der Waals surface area (Å²) in [5.74, 6) is -1.26. The zero-order valence-electron chi connectivity index (χ0n) is 19.0. The summed E-state index contributed by atoms with van der Waals surface area (Å²) in [4.78, 5) is 53.1. The van der Waals surface area contributed by atoms with Crippen molar-refractivity contribution in [2.24, 2.45) is 11.8 Å². The van der Waals surface area contributed by atoms with Crippen molar-refractivity contribution in [1.29, 1.82) is 0 Å². The number of carbonyl (C=O) groups is 4. The Bertz CT molecular complexity index is 1080. The van der Waals surface area contributed by atoms with Crippen LogP contribution in [0.5, 0.6) is 5.75 Å². The van der Waals surface area contributed by atoms with Gasteiger partial charge in [0.2, 0.25) is 5.78 Å². The van der Waals surface area contributed by atoms with E-state index in [1.165, 1.54) is 14.2 Å². The minimum atomic E-state index is -0.792. The van der Waals surface area contributed by atoms with E-state index in [0.29, 0.717) is 42.2 Å². The SMILES string of the molecule is CCOC(=O)C1CN(CC2C=C(OC)C3=C(C2)C(=O)c2cccc(OC)c2C3=O)CCC1=O. The zero-order chi connectivity index (χ0) is 23.7. The molecule has 174 valence electrons. The number of Topliss-reactive ketones (excluding diaryl/α,β-unsaturated/α-hetero) is 3. The van der Waals surface area contributed by atoms with Gasteiger partial charge in [0.25, 0.3) is 0 Å². The van der Waals surface area contributed by atoms with E-state index in [2.05, 4.69) is 0 Å². The van der Waals surface area contributed by atoms with Crippen LogP contribution in [0.2, 0.25) is 0 Å². The molecule has 0 spiro atoms. The molecule has 33 heavy (non-hydrogen) atoms. The molecule has 2 unspecified atom stereocenters. The third-order valence-corrected chi connectivity index (χ3v) is 6.41. The molecule has 8 heteroatoms. The predicted molar refractivity (Wildman–Crippen MR) is 118 cm³/mol. The van der Waals surface area contributed by atoms with Gasteiger partial charge in [-0.25, -0.2) is 0 Å². The average Bonchev–Trinajstić information content (AvgIpc) is 2.82. The van der Waals surface area contributed by atoms with E-state index in [-0.39, 0.29) is 54.0 Å². The molecule has 3 aliphatic rings. The summed E-state index contributed by atoms with van der Waals surface area (Å²) >= 11 is 0. The highest BCUT2D eigenvalue weighted by atomic mass is 16.5. The van der Waals surface area contributed by atoms with Gasteiger partial charge in [0.1, 0.15) is 23.2 Å². The van der Waals surface area contributed by atoms with Crippen molar-refractivity contribution in [3.05, 3.63) is 52.3 Å². The first-order chi connectivity index (χ1) is 15.9. The first kappa shape index (κ1) is 22.9. The van der Waals surface area contributed by atoms with Crippen LogP contribution in [0.4, 0.5) is 0 Å². The lowest BCUT2D eigenvalue weighted by molar-refractivity contribution is -0.154. The highest BCUT2D eigenvalue weighted by molar-refractivity contribution is 6.29. The van der Waals surface area contributed by atoms with Crippen LogP contribution in [0.3, 0.4) is 0 Å². The average molecular weight is 453 g/mol. The highest BCUT2D eigenvalue weighted by Gasteiger charge is 2.41. The Balaban J connectivity index is 1.58. The number of hydrogen-bond acceptors (Lipinski definition) is 8. The van der Waals surface area contributed by atoms with E-state index in [4.69, 9.17) is 14.2 Å². The van der Waals surface area contributed by atoms with Crippen molar-refractivity contribution in [2.75, 3.05) is 40.5 Å². The minimum absolute atomic E-state index is 0.106. The molecule has 0 N–H and O–H groups in total. The quantitative estimate of drug-likeness (QED) is 0.478. The van der Waals surface area contributed by atoms with E-state index >= 15 is 0 Å². The van der Waals surface area contributed by atoms with Crippen LogP contribution in [-0.2, 0) is 19.1 Å². The van der Waals surface area contributed by atoms with Crippen LogP contribution in [0.1, 0.15) is 40.5 Å². The van der Waals surface area contributed by atoms with Crippen molar-refractivity contribution in [2.45, 2.75) is 19.8 Å². The van der Waals surface area contributed by atoms with Gasteiger partial charge in [0.05, 0.1) is 32.0 Å². The molecule has 4 rings (SSSR count). The third-order valence-electron chi connectivity index (χ3n) is 6.41. The Morgan fingerprint density at radius 2 is 1.91 bits per heavy atom. The van der Waals surface area contributed by atoms with Gasteiger partial charge in [-0.15, -0.1) is 0 Å². The van der Waals surface area contributed by atoms with Gasteiger partial charge in [-0.2, -0.15) is 0 Å². The van der Waals surface area contributed by atoms with E-state index in [0.717, 1.165) is 0 Å². The molecule has 1 saturated heterocycles. The number of esters is 1. The van der Waals surface area contributed by atoms with Gasteiger partial charge in [0, 0.05) is 37.2 Å². The van der Waals surface area contributed by atoms with Crippen LogP contribution < -0.4 is 4.74 Å². The number of ketones is 3. The van der Waals surface area contributed by atoms with Crippen molar-refractivity contribution in [3.8, 4) is 5.75 Å². The number of carbonyl (C=O) groups excluding carboxylic acids is 4. The molecule has 1 aromatic carbocycles. The molecular formula is C25H27NO7. The van der Waals surface area contributed by atoms with Crippen LogP contribution in [0.15, 0.2) is 41.2 Å². The second kappa shape index (κ2) is 9.31. The molecule has 1 aliphatic heterocycles. The molecule has 2 aliphatic carbocycles. The number of methoxy groups -OCH3 is 2. The second-order valence-electron chi connectivity index (χ2n) is 8.37. The zero-order valence-corrected chi connectivity index (χ0v) is 19.0. The van der Waals surface area contributed by atoms with Crippen LogP contribution in [0, 0.1) is 11.8 Å². The first-order valence-corrected chi connectivity index (χ1v) is 11.1. The maximum Gasteiger partial charge on any atom is 0.317 e. The van der Waals surface area contributed by atoms with Gasteiger partial charge in [-0.1, -0.05) is 12.1 Å². The highest BCUT2D eigenvalue weighted by Crippen LogP contribution is 2.41. The molecule has 2 atom stereocenters. The Labute approximate surface area is 192 Å². The standard InChI is InChI=1S/C25H27NO7/c1-4-33-25(30)17-13-26(9-8-18(17)27)12-14-10-16-22(20(11-14)32-3)24(29)21-15(23(16)28)6-5-7-19(21)31-2/h5-7,11,14,17H,4,8-10,12-13H2,1-3H3. The number of piperidine rings is 1. The molecule has 1 fully saturated rings. The maximum atomic E-state index is 13.4. The summed E-state index contributed by atoms with van der Waals surface area (Å²) in [7, 11) is 2.94. The topological polar surface area (TPSA) is 99.2 Å². The van der Waals surface area contributed by atoms with Gasteiger partial charge in [-0.3, -0.25) is 19.2 Å². The molecule has 0 amide bonds. The minimum Gasteiger partial charge on any atom is -0.496 e. The van der Waals surface area contributed by atoms with E-state index < -0.39 is 11.9 Å². The first-order valence-electron chi connectivity index (χ1n) is 11.1.